The summed E-state index contributed by atoms with van der Waals surface area (Å²) < 4.78 is 5.41. The van der Waals surface area contributed by atoms with Gasteiger partial charge >= 0.3 is 0 Å². The summed E-state index contributed by atoms with van der Waals surface area (Å²) in [4.78, 5) is 4.57. The summed E-state index contributed by atoms with van der Waals surface area (Å²) in [5, 5.41) is 4.55. The van der Waals surface area contributed by atoms with Crippen molar-refractivity contribution in [2.75, 3.05) is 17.3 Å². The zero-order valence-corrected chi connectivity index (χ0v) is 11.3. The van der Waals surface area contributed by atoms with Crippen molar-refractivity contribution < 1.29 is 4.52 Å². The molecular weight excluding hydrogens is 254 g/mol. The second kappa shape index (κ2) is 5.20. The van der Waals surface area contributed by atoms with Crippen molar-refractivity contribution in [3.8, 4) is 0 Å². The van der Waals surface area contributed by atoms with Gasteiger partial charge in [0.05, 0.1) is 11.2 Å². The maximum absolute atomic E-state index is 6.06. The van der Waals surface area contributed by atoms with Crippen molar-refractivity contribution in [1.29, 1.82) is 0 Å². The van der Waals surface area contributed by atoms with Crippen LogP contribution < -0.4 is 5.73 Å². The van der Waals surface area contributed by atoms with Gasteiger partial charge in [-0.2, -0.15) is 16.7 Å². The summed E-state index contributed by atoms with van der Waals surface area (Å²) in [6, 6.07) is 0.205. The van der Waals surface area contributed by atoms with Crippen LogP contribution in [-0.2, 0) is 0 Å². The second-order valence-corrected chi connectivity index (χ2v) is 7.09. The number of thioether (sulfide) groups is 2. The van der Waals surface area contributed by atoms with Crippen LogP contribution in [0, 0.1) is 0 Å². The van der Waals surface area contributed by atoms with Crippen LogP contribution in [-0.4, -0.2) is 33.4 Å². The quantitative estimate of drug-likeness (QED) is 0.889. The predicted octanol–water partition coefficient (Wildman–Crippen LogP) is 2.19. The third-order valence-corrected chi connectivity index (χ3v) is 6.20. The first-order valence-corrected chi connectivity index (χ1v) is 8.33. The largest absolute Gasteiger partial charge is 0.339 e. The Morgan fingerprint density at radius 2 is 2.24 bits per heavy atom. The molecule has 3 unspecified atom stereocenters. The summed E-state index contributed by atoms with van der Waals surface area (Å²) >= 11 is 3.91. The number of nitrogens with two attached hydrogens (primary N) is 1. The highest BCUT2D eigenvalue weighted by Gasteiger charge is 2.31. The highest BCUT2D eigenvalue weighted by molar-refractivity contribution is 8.06. The van der Waals surface area contributed by atoms with Crippen LogP contribution in [0.3, 0.4) is 0 Å². The van der Waals surface area contributed by atoms with E-state index in [2.05, 4.69) is 10.1 Å². The molecule has 94 valence electrons. The van der Waals surface area contributed by atoms with Crippen LogP contribution in [0.15, 0.2) is 4.52 Å². The molecule has 6 heteroatoms. The maximum atomic E-state index is 6.06. The van der Waals surface area contributed by atoms with E-state index in [-0.39, 0.29) is 12.0 Å². The molecule has 3 atom stereocenters. The Morgan fingerprint density at radius 3 is 2.94 bits per heavy atom. The zero-order chi connectivity index (χ0) is 11.7. The maximum Gasteiger partial charge on any atom is 0.231 e. The minimum absolute atomic E-state index is 0.205. The molecule has 2 aliphatic rings. The average molecular weight is 271 g/mol. The van der Waals surface area contributed by atoms with Gasteiger partial charge in [-0.05, 0) is 12.8 Å². The molecule has 1 saturated heterocycles. The first-order chi connectivity index (χ1) is 8.34. The van der Waals surface area contributed by atoms with Crippen molar-refractivity contribution >= 4 is 23.5 Å². The molecule has 0 radical (unpaired) electrons. The number of hydrogen-bond acceptors (Lipinski definition) is 6. The third-order valence-electron chi connectivity index (χ3n) is 3.45. The Kier molecular flexibility index (Phi) is 3.63. The van der Waals surface area contributed by atoms with Crippen LogP contribution in [0.1, 0.15) is 42.1 Å². The number of hydrogen-bond donors (Lipinski definition) is 1. The Balaban J connectivity index is 1.73. The van der Waals surface area contributed by atoms with Crippen LogP contribution >= 0.6 is 23.5 Å². The third kappa shape index (κ3) is 2.48. The Hall–Kier alpha value is -0.200. The van der Waals surface area contributed by atoms with E-state index in [1.54, 1.807) is 0 Å². The first-order valence-electron chi connectivity index (χ1n) is 6.13. The summed E-state index contributed by atoms with van der Waals surface area (Å²) in [7, 11) is 0. The van der Waals surface area contributed by atoms with Crippen molar-refractivity contribution in [2.45, 2.75) is 36.5 Å². The van der Waals surface area contributed by atoms with Gasteiger partial charge in [0.15, 0.2) is 5.82 Å². The van der Waals surface area contributed by atoms with Gasteiger partial charge in [-0.15, -0.1) is 11.8 Å². The minimum Gasteiger partial charge on any atom is -0.339 e. The second-order valence-electron chi connectivity index (χ2n) is 4.63. The van der Waals surface area contributed by atoms with E-state index in [4.69, 9.17) is 10.3 Å². The number of rotatable bonds is 2. The normalized spacial score (nSPS) is 34.1. The van der Waals surface area contributed by atoms with E-state index < -0.39 is 0 Å². The monoisotopic (exact) mass is 271 g/mol. The molecule has 1 aromatic rings. The van der Waals surface area contributed by atoms with Gasteiger partial charge < -0.3 is 10.3 Å². The molecule has 0 spiro atoms. The molecular formula is C11H17N3OS2. The molecule has 4 nitrogen and oxygen atoms in total. The minimum atomic E-state index is 0.205. The van der Waals surface area contributed by atoms with Gasteiger partial charge in [0.25, 0.3) is 0 Å². The molecule has 2 N–H and O–H groups in total. The van der Waals surface area contributed by atoms with Gasteiger partial charge in [-0.3, -0.25) is 0 Å². The molecule has 2 heterocycles. The lowest BCUT2D eigenvalue weighted by molar-refractivity contribution is 0.341. The lowest BCUT2D eigenvalue weighted by atomic mass is 10.1. The van der Waals surface area contributed by atoms with Gasteiger partial charge in [-0.25, -0.2) is 0 Å². The number of aromatic nitrogens is 2. The molecule has 1 saturated carbocycles. The molecule has 1 aliphatic heterocycles. The summed E-state index contributed by atoms with van der Waals surface area (Å²) in [6.45, 7) is 0. The van der Waals surface area contributed by atoms with Crippen LogP contribution in [0.5, 0.6) is 0 Å². The van der Waals surface area contributed by atoms with Crippen molar-refractivity contribution in [1.82, 2.24) is 10.1 Å². The Bertz CT molecular complexity index is 379. The number of nitrogens with zero attached hydrogens (tertiary/aromatic N) is 2. The molecule has 3 rings (SSSR count). The summed E-state index contributed by atoms with van der Waals surface area (Å²) in [6.07, 6.45) is 3.35. The van der Waals surface area contributed by atoms with E-state index >= 15 is 0 Å². The van der Waals surface area contributed by atoms with Crippen LogP contribution in [0.25, 0.3) is 0 Å². The van der Waals surface area contributed by atoms with Crippen molar-refractivity contribution in [3.63, 3.8) is 0 Å². The molecule has 0 bridgehead atoms. The lowest BCUT2D eigenvalue weighted by Gasteiger charge is -2.17. The fourth-order valence-corrected chi connectivity index (χ4v) is 5.05. The molecule has 1 aliphatic carbocycles. The fourth-order valence-electron chi connectivity index (χ4n) is 2.46. The molecule has 0 amide bonds. The van der Waals surface area contributed by atoms with Gasteiger partial charge in [0, 0.05) is 23.3 Å². The molecule has 2 fully saturated rings. The van der Waals surface area contributed by atoms with E-state index in [0.29, 0.717) is 5.25 Å². The standard InChI is InChI=1S/C11H17N3OS2/c12-8-3-1-2-7(8)11-13-10(14-15-11)9-6-16-4-5-17-9/h7-9H,1-6,12H2. The van der Waals surface area contributed by atoms with Gasteiger partial charge in [0.1, 0.15) is 0 Å². The fraction of sp³-hybridized carbons (Fsp3) is 0.818. The van der Waals surface area contributed by atoms with Crippen LogP contribution in [0.2, 0.25) is 0 Å². The molecule has 1 aromatic heterocycles. The van der Waals surface area contributed by atoms with E-state index in [1.165, 1.54) is 17.9 Å². The Labute approximate surface area is 109 Å². The Morgan fingerprint density at radius 1 is 1.29 bits per heavy atom. The van der Waals surface area contributed by atoms with Gasteiger partial charge in [0.2, 0.25) is 5.89 Å². The van der Waals surface area contributed by atoms with Gasteiger partial charge in [-0.1, -0.05) is 11.6 Å². The zero-order valence-electron chi connectivity index (χ0n) is 9.67. The predicted molar refractivity (Wildman–Crippen MR) is 71.4 cm³/mol. The van der Waals surface area contributed by atoms with Crippen molar-refractivity contribution in [3.05, 3.63) is 11.7 Å². The summed E-state index contributed by atoms with van der Waals surface area (Å²) in [5.41, 5.74) is 6.06. The van der Waals surface area contributed by atoms with Crippen LogP contribution in [0.4, 0.5) is 0 Å². The first kappa shape index (κ1) is 11.9. The smallest absolute Gasteiger partial charge is 0.231 e. The highest BCUT2D eigenvalue weighted by Crippen LogP contribution is 2.37. The average Bonchev–Trinajstić information content (AvgIpc) is 2.98. The molecule has 0 aromatic carbocycles. The molecule has 17 heavy (non-hydrogen) atoms. The topological polar surface area (TPSA) is 64.9 Å². The lowest BCUT2D eigenvalue weighted by Crippen LogP contribution is -2.23. The SMILES string of the molecule is NC1CCCC1c1nc(C2CSCCS2)no1. The van der Waals surface area contributed by atoms with E-state index in [9.17, 15) is 0 Å². The summed E-state index contributed by atoms with van der Waals surface area (Å²) in [5.74, 6) is 5.44. The highest BCUT2D eigenvalue weighted by atomic mass is 32.2. The van der Waals surface area contributed by atoms with Crippen molar-refractivity contribution in [2.24, 2.45) is 5.73 Å². The van der Waals surface area contributed by atoms with E-state index in [0.717, 1.165) is 30.3 Å². The van der Waals surface area contributed by atoms with E-state index in [1.807, 2.05) is 23.5 Å².